The molecule has 0 heterocycles. The lowest BCUT2D eigenvalue weighted by Gasteiger charge is -2.13. The van der Waals surface area contributed by atoms with Crippen molar-refractivity contribution in [3.8, 4) is 5.75 Å². The molecule has 0 radical (unpaired) electrons. The quantitative estimate of drug-likeness (QED) is 0.782. The number of esters is 1. The Morgan fingerprint density at radius 2 is 1.94 bits per heavy atom. The Morgan fingerprint density at radius 1 is 1.31 bits per heavy atom. The summed E-state index contributed by atoms with van der Waals surface area (Å²) in [7, 11) is 1.27. The van der Waals surface area contributed by atoms with Crippen LogP contribution in [0.2, 0.25) is 10.0 Å². The molecule has 0 saturated carbocycles. The first-order valence-electron chi connectivity index (χ1n) is 4.70. The number of ether oxygens (including phenoxy) is 2. The van der Waals surface area contributed by atoms with E-state index in [0.717, 1.165) is 0 Å². The molecule has 1 aromatic carbocycles. The monoisotopic (exact) mass is 262 g/mol. The highest BCUT2D eigenvalue weighted by atomic mass is 35.5. The predicted octanol–water partition coefficient (Wildman–Crippen LogP) is 3.57. The minimum absolute atomic E-state index is 0.0378. The topological polar surface area (TPSA) is 35.5 Å². The van der Waals surface area contributed by atoms with Crippen molar-refractivity contribution in [3.63, 3.8) is 0 Å². The van der Waals surface area contributed by atoms with E-state index < -0.39 is 5.97 Å². The molecule has 0 atom stereocenters. The zero-order valence-corrected chi connectivity index (χ0v) is 10.7. The van der Waals surface area contributed by atoms with Crippen LogP contribution in [0.3, 0.4) is 0 Å². The molecule has 0 amide bonds. The number of methoxy groups -OCH3 is 1. The van der Waals surface area contributed by atoms with Gasteiger partial charge in [0.05, 0.1) is 23.3 Å². The fourth-order valence-corrected chi connectivity index (χ4v) is 1.74. The van der Waals surface area contributed by atoms with Gasteiger partial charge in [-0.15, -0.1) is 0 Å². The summed E-state index contributed by atoms with van der Waals surface area (Å²) in [6.07, 6.45) is -0.0378. The van der Waals surface area contributed by atoms with Crippen LogP contribution in [-0.2, 0) is 4.74 Å². The second-order valence-electron chi connectivity index (χ2n) is 3.39. The van der Waals surface area contributed by atoms with Gasteiger partial charge < -0.3 is 9.47 Å². The van der Waals surface area contributed by atoms with Crippen LogP contribution in [0.5, 0.6) is 5.75 Å². The fourth-order valence-electron chi connectivity index (χ4n) is 1.17. The lowest BCUT2D eigenvalue weighted by Crippen LogP contribution is -2.09. The van der Waals surface area contributed by atoms with E-state index in [-0.39, 0.29) is 21.7 Å². The van der Waals surface area contributed by atoms with E-state index >= 15 is 0 Å². The van der Waals surface area contributed by atoms with Gasteiger partial charge >= 0.3 is 5.97 Å². The number of halogens is 2. The summed E-state index contributed by atoms with van der Waals surface area (Å²) in [5, 5.41) is 0.418. The van der Waals surface area contributed by atoms with Gasteiger partial charge in [-0.2, -0.15) is 0 Å². The van der Waals surface area contributed by atoms with Crippen LogP contribution in [0.25, 0.3) is 0 Å². The molecule has 0 fully saturated rings. The van der Waals surface area contributed by atoms with Crippen molar-refractivity contribution < 1.29 is 14.3 Å². The summed E-state index contributed by atoms with van der Waals surface area (Å²) in [4.78, 5) is 11.4. The molecule has 0 aliphatic heterocycles. The summed E-state index contributed by atoms with van der Waals surface area (Å²) in [5.41, 5.74) is 0.129. The van der Waals surface area contributed by atoms with Crippen LogP contribution in [0.4, 0.5) is 0 Å². The van der Waals surface area contributed by atoms with Gasteiger partial charge in [-0.1, -0.05) is 23.2 Å². The third-order valence-corrected chi connectivity index (χ3v) is 2.50. The maximum atomic E-state index is 11.4. The van der Waals surface area contributed by atoms with Crippen LogP contribution in [-0.4, -0.2) is 19.2 Å². The normalized spacial score (nSPS) is 10.4. The Balaban J connectivity index is 3.21. The van der Waals surface area contributed by atoms with Gasteiger partial charge in [-0.3, -0.25) is 0 Å². The van der Waals surface area contributed by atoms with Gasteiger partial charge in [-0.25, -0.2) is 4.79 Å². The largest absolute Gasteiger partial charge is 0.489 e. The molecule has 0 spiro atoms. The smallest absolute Gasteiger partial charge is 0.341 e. The van der Waals surface area contributed by atoms with Gasteiger partial charge in [0.2, 0.25) is 0 Å². The fraction of sp³-hybridized carbons (Fsp3) is 0.364. The average molecular weight is 263 g/mol. The highest BCUT2D eigenvalue weighted by Crippen LogP contribution is 2.34. The average Bonchev–Trinajstić information content (AvgIpc) is 2.21. The lowest BCUT2D eigenvalue weighted by molar-refractivity contribution is 0.0600. The van der Waals surface area contributed by atoms with Crippen molar-refractivity contribution in [2.24, 2.45) is 0 Å². The standard InChI is InChI=1S/C11H12Cl2O3/c1-6(2)16-8-5-4-7(12)9(10(8)13)11(14)15-3/h4-6H,1-3H3. The molecular weight excluding hydrogens is 251 g/mol. The third-order valence-electron chi connectivity index (χ3n) is 1.81. The van der Waals surface area contributed by atoms with Crippen LogP contribution >= 0.6 is 23.2 Å². The van der Waals surface area contributed by atoms with Gasteiger partial charge in [0.1, 0.15) is 11.3 Å². The van der Waals surface area contributed by atoms with Crippen molar-refractivity contribution in [1.82, 2.24) is 0 Å². The number of benzene rings is 1. The maximum Gasteiger partial charge on any atom is 0.341 e. The summed E-state index contributed by atoms with van der Waals surface area (Å²) in [5.74, 6) is -0.161. The van der Waals surface area contributed by atoms with Crippen molar-refractivity contribution >= 4 is 29.2 Å². The van der Waals surface area contributed by atoms with E-state index in [9.17, 15) is 4.79 Å². The molecule has 3 nitrogen and oxygen atoms in total. The highest BCUT2D eigenvalue weighted by molar-refractivity contribution is 6.40. The predicted molar refractivity (Wildman–Crippen MR) is 63.6 cm³/mol. The summed E-state index contributed by atoms with van der Waals surface area (Å²) < 4.78 is 10.0. The summed E-state index contributed by atoms with van der Waals surface area (Å²) in [6.45, 7) is 3.73. The first-order valence-corrected chi connectivity index (χ1v) is 5.46. The van der Waals surface area contributed by atoms with Gasteiger partial charge in [-0.05, 0) is 26.0 Å². The molecule has 0 aliphatic carbocycles. The van der Waals surface area contributed by atoms with Crippen LogP contribution in [0, 0.1) is 0 Å². The molecule has 0 bridgehead atoms. The minimum atomic E-state index is -0.579. The number of rotatable bonds is 3. The molecule has 1 rings (SSSR count). The van der Waals surface area contributed by atoms with E-state index in [4.69, 9.17) is 27.9 Å². The number of carbonyl (C=O) groups excluding carboxylic acids is 1. The minimum Gasteiger partial charge on any atom is -0.489 e. The Morgan fingerprint density at radius 3 is 2.44 bits per heavy atom. The van der Waals surface area contributed by atoms with E-state index in [1.54, 1.807) is 12.1 Å². The van der Waals surface area contributed by atoms with Crippen molar-refractivity contribution in [1.29, 1.82) is 0 Å². The van der Waals surface area contributed by atoms with Crippen molar-refractivity contribution in [2.45, 2.75) is 20.0 Å². The van der Waals surface area contributed by atoms with Crippen molar-refractivity contribution in [2.75, 3.05) is 7.11 Å². The molecule has 0 aromatic heterocycles. The number of carbonyl (C=O) groups is 1. The molecule has 0 saturated heterocycles. The van der Waals surface area contributed by atoms with Crippen LogP contribution in [0.15, 0.2) is 12.1 Å². The summed E-state index contributed by atoms with van der Waals surface area (Å²) in [6, 6.07) is 3.18. The van der Waals surface area contributed by atoms with Gasteiger partial charge in [0.15, 0.2) is 0 Å². The Labute approximate surface area is 104 Å². The second-order valence-corrected chi connectivity index (χ2v) is 4.18. The molecule has 16 heavy (non-hydrogen) atoms. The molecule has 1 aromatic rings. The molecule has 0 N–H and O–H groups in total. The Bertz CT molecular complexity index is 402. The van der Waals surface area contributed by atoms with Gasteiger partial charge in [0, 0.05) is 0 Å². The van der Waals surface area contributed by atoms with E-state index in [2.05, 4.69) is 4.74 Å². The first-order chi connectivity index (χ1) is 7.47. The highest BCUT2D eigenvalue weighted by Gasteiger charge is 2.19. The lowest BCUT2D eigenvalue weighted by atomic mass is 10.2. The second kappa shape index (κ2) is 5.41. The van der Waals surface area contributed by atoms with E-state index in [1.165, 1.54) is 7.11 Å². The molecule has 0 aliphatic rings. The zero-order chi connectivity index (χ0) is 12.3. The molecular formula is C11H12Cl2O3. The zero-order valence-electron chi connectivity index (χ0n) is 9.21. The maximum absolute atomic E-state index is 11.4. The Kier molecular flexibility index (Phi) is 4.44. The van der Waals surface area contributed by atoms with Crippen LogP contribution in [0.1, 0.15) is 24.2 Å². The summed E-state index contributed by atoms with van der Waals surface area (Å²) >= 11 is 11.9. The number of hydrogen-bond donors (Lipinski definition) is 0. The molecule has 5 heteroatoms. The van der Waals surface area contributed by atoms with E-state index in [1.807, 2.05) is 13.8 Å². The van der Waals surface area contributed by atoms with Gasteiger partial charge in [0.25, 0.3) is 0 Å². The van der Waals surface area contributed by atoms with Crippen molar-refractivity contribution in [3.05, 3.63) is 27.7 Å². The molecule has 88 valence electrons. The SMILES string of the molecule is COC(=O)c1c(Cl)ccc(OC(C)C)c1Cl. The van der Waals surface area contributed by atoms with E-state index in [0.29, 0.717) is 5.75 Å². The molecule has 0 unspecified atom stereocenters. The first kappa shape index (κ1) is 13.1. The van der Waals surface area contributed by atoms with Crippen LogP contribution < -0.4 is 4.74 Å². The Hall–Kier alpha value is -0.930. The number of hydrogen-bond acceptors (Lipinski definition) is 3. The third kappa shape index (κ3) is 2.80.